The van der Waals surface area contributed by atoms with E-state index in [0.29, 0.717) is 19.1 Å². The zero-order chi connectivity index (χ0) is 12.5. The first-order valence-electron chi connectivity index (χ1n) is 6.18. The lowest BCUT2D eigenvalue weighted by atomic mass is 10.2. The third-order valence-electron chi connectivity index (χ3n) is 2.70. The van der Waals surface area contributed by atoms with Crippen molar-refractivity contribution in [2.75, 3.05) is 13.1 Å². The Morgan fingerprint density at radius 2 is 2.35 bits per heavy atom. The van der Waals surface area contributed by atoms with E-state index in [1.165, 1.54) is 0 Å². The molecule has 0 aromatic carbocycles. The Balaban J connectivity index is 2.00. The van der Waals surface area contributed by atoms with Crippen LogP contribution in [0.2, 0.25) is 0 Å². The number of aryl methyl sites for hydroxylation is 1. The Bertz CT molecular complexity index is 310. The summed E-state index contributed by atoms with van der Waals surface area (Å²) in [6, 6.07) is 0.395. The highest BCUT2D eigenvalue weighted by Gasteiger charge is 2.02. The number of imidazole rings is 1. The van der Waals surface area contributed by atoms with Crippen LogP contribution in [-0.4, -0.2) is 34.6 Å². The molecule has 1 aromatic heterocycles. The molecule has 0 bridgehead atoms. The molecule has 17 heavy (non-hydrogen) atoms. The molecular weight excluding hydrogens is 216 g/mol. The van der Waals surface area contributed by atoms with Gasteiger partial charge in [0.2, 0.25) is 5.91 Å². The minimum Gasteiger partial charge on any atom is -0.355 e. The largest absolute Gasteiger partial charge is 0.355 e. The Hall–Kier alpha value is -1.36. The molecule has 96 valence electrons. The van der Waals surface area contributed by atoms with Crippen molar-refractivity contribution in [2.24, 2.45) is 0 Å². The smallest absolute Gasteiger partial charge is 0.233 e. The normalized spacial score (nSPS) is 12.4. The number of carbonyl (C=O) groups is 1. The summed E-state index contributed by atoms with van der Waals surface area (Å²) in [6.45, 7) is 6.17. The van der Waals surface area contributed by atoms with Crippen molar-refractivity contribution >= 4 is 5.91 Å². The number of rotatable bonds is 8. The number of hydrogen-bond donors (Lipinski definition) is 2. The number of amides is 1. The summed E-state index contributed by atoms with van der Waals surface area (Å²) >= 11 is 0. The van der Waals surface area contributed by atoms with E-state index in [1.54, 1.807) is 12.5 Å². The van der Waals surface area contributed by atoms with Crippen molar-refractivity contribution in [1.82, 2.24) is 20.2 Å². The van der Waals surface area contributed by atoms with Gasteiger partial charge in [0.05, 0.1) is 12.9 Å². The molecule has 1 amide bonds. The van der Waals surface area contributed by atoms with Crippen molar-refractivity contribution < 1.29 is 4.79 Å². The van der Waals surface area contributed by atoms with Gasteiger partial charge in [-0.05, 0) is 19.8 Å². The van der Waals surface area contributed by atoms with Gasteiger partial charge >= 0.3 is 0 Å². The molecule has 5 heteroatoms. The van der Waals surface area contributed by atoms with E-state index < -0.39 is 0 Å². The highest BCUT2D eigenvalue weighted by atomic mass is 16.1. The summed E-state index contributed by atoms with van der Waals surface area (Å²) in [4.78, 5) is 15.4. The van der Waals surface area contributed by atoms with E-state index in [2.05, 4.69) is 29.5 Å². The molecule has 1 atom stereocenters. The van der Waals surface area contributed by atoms with E-state index >= 15 is 0 Å². The lowest BCUT2D eigenvalue weighted by Gasteiger charge is -2.11. The first-order valence-corrected chi connectivity index (χ1v) is 6.18. The van der Waals surface area contributed by atoms with Crippen LogP contribution in [0.1, 0.15) is 26.7 Å². The van der Waals surface area contributed by atoms with Gasteiger partial charge in [0.1, 0.15) is 0 Å². The minimum atomic E-state index is 0.0657. The Kier molecular flexibility index (Phi) is 6.32. The summed E-state index contributed by atoms with van der Waals surface area (Å²) in [5.41, 5.74) is 0. The highest BCUT2D eigenvalue weighted by molar-refractivity contribution is 5.77. The van der Waals surface area contributed by atoms with Crippen LogP contribution < -0.4 is 10.6 Å². The van der Waals surface area contributed by atoms with Crippen LogP contribution in [0, 0.1) is 0 Å². The van der Waals surface area contributed by atoms with Gasteiger partial charge in [0.25, 0.3) is 0 Å². The highest BCUT2D eigenvalue weighted by Crippen LogP contribution is 1.89. The van der Waals surface area contributed by atoms with Crippen LogP contribution in [0.25, 0.3) is 0 Å². The Labute approximate surface area is 103 Å². The van der Waals surface area contributed by atoms with Crippen molar-refractivity contribution in [2.45, 2.75) is 39.3 Å². The Morgan fingerprint density at radius 1 is 1.53 bits per heavy atom. The minimum absolute atomic E-state index is 0.0657. The fourth-order valence-electron chi connectivity index (χ4n) is 1.38. The fourth-order valence-corrected chi connectivity index (χ4v) is 1.38. The van der Waals surface area contributed by atoms with Gasteiger partial charge in [0.15, 0.2) is 0 Å². The second kappa shape index (κ2) is 7.84. The molecule has 0 saturated carbocycles. The summed E-state index contributed by atoms with van der Waals surface area (Å²) in [7, 11) is 0. The molecule has 0 aliphatic carbocycles. The summed E-state index contributed by atoms with van der Waals surface area (Å²) in [6.07, 6.45) is 7.42. The maximum absolute atomic E-state index is 11.4. The van der Waals surface area contributed by atoms with Crippen molar-refractivity contribution in [3.05, 3.63) is 18.7 Å². The maximum atomic E-state index is 11.4. The number of aromatic nitrogens is 2. The second-order valence-electron chi connectivity index (χ2n) is 4.19. The molecule has 0 spiro atoms. The SMILES string of the molecule is CCC(C)NCC(=O)NCCCn1ccnc1. The quantitative estimate of drug-likeness (QED) is 0.658. The molecule has 5 nitrogen and oxygen atoms in total. The van der Waals surface area contributed by atoms with Crippen molar-refractivity contribution in [3.63, 3.8) is 0 Å². The molecule has 1 unspecified atom stereocenters. The van der Waals surface area contributed by atoms with Crippen LogP contribution in [0.3, 0.4) is 0 Å². The van der Waals surface area contributed by atoms with Gasteiger partial charge in [0, 0.05) is 31.5 Å². The average Bonchev–Trinajstić information content (AvgIpc) is 2.84. The molecule has 0 saturated heterocycles. The summed E-state index contributed by atoms with van der Waals surface area (Å²) < 4.78 is 2.00. The topological polar surface area (TPSA) is 59.0 Å². The molecule has 0 aliphatic heterocycles. The zero-order valence-corrected chi connectivity index (χ0v) is 10.6. The van der Waals surface area contributed by atoms with Crippen molar-refractivity contribution in [1.29, 1.82) is 0 Å². The van der Waals surface area contributed by atoms with Crippen LogP contribution in [0.15, 0.2) is 18.7 Å². The zero-order valence-electron chi connectivity index (χ0n) is 10.6. The molecule has 2 N–H and O–H groups in total. The number of carbonyl (C=O) groups excluding carboxylic acids is 1. The number of hydrogen-bond acceptors (Lipinski definition) is 3. The molecule has 0 aliphatic rings. The van der Waals surface area contributed by atoms with E-state index in [0.717, 1.165) is 19.4 Å². The maximum Gasteiger partial charge on any atom is 0.233 e. The third-order valence-corrected chi connectivity index (χ3v) is 2.70. The monoisotopic (exact) mass is 238 g/mol. The van der Waals surface area contributed by atoms with E-state index in [-0.39, 0.29) is 5.91 Å². The predicted molar refractivity (Wildman–Crippen MR) is 67.6 cm³/mol. The van der Waals surface area contributed by atoms with E-state index in [9.17, 15) is 4.79 Å². The molecule has 0 radical (unpaired) electrons. The summed E-state index contributed by atoms with van der Waals surface area (Å²) in [5.74, 6) is 0.0657. The molecule has 1 rings (SSSR count). The lowest BCUT2D eigenvalue weighted by molar-refractivity contribution is -0.120. The van der Waals surface area contributed by atoms with Gasteiger partial charge in [-0.2, -0.15) is 0 Å². The predicted octanol–water partition coefficient (Wildman–Crippen LogP) is 0.777. The van der Waals surface area contributed by atoms with Crippen LogP contribution in [0.5, 0.6) is 0 Å². The summed E-state index contributed by atoms with van der Waals surface area (Å²) in [5, 5.41) is 6.05. The van der Waals surface area contributed by atoms with Gasteiger partial charge in [-0.1, -0.05) is 6.92 Å². The standard InChI is InChI=1S/C12H22N4O/c1-3-11(2)15-9-12(17)14-5-4-7-16-8-6-13-10-16/h6,8,10-11,15H,3-5,7,9H2,1-2H3,(H,14,17). The van der Waals surface area contributed by atoms with Crippen LogP contribution >= 0.6 is 0 Å². The molecule has 1 aromatic rings. The Morgan fingerprint density at radius 3 is 3.00 bits per heavy atom. The van der Waals surface area contributed by atoms with Gasteiger partial charge in [-0.25, -0.2) is 4.98 Å². The first kappa shape index (κ1) is 13.7. The van der Waals surface area contributed by atoms with Crippen LogP contribution in [-0.2, 0) is 11.3 Å². The van der Waals surface area contributed by atoms with E-state index in [1.807, 2.05) is 10.8 Å². The first-order chi connectivity index (χ1) is 8.22. The van der Waals surface area contributed by atoms with Crippen LogP contribution in [0.4, 0.5) is 0 Å². The van der Waals surface area contributed by atoms with Gasteiger partial charge in [-0.3, -0.25) is 4.79 Å². The number of nitrogens with zero attached hydrogens (tertiary/aromatic N) is 2. The fraction of sp³-hybridized carbons (Fsp3) is 0.667. The second-order valence-corrected chi connectivity index (χ2v) is 4.19. The van der Waals surface area contributed by atoms with E-state index in [4.69, 9.17) is 0 Å². The van der Waals surface area contributed by atoms with Gasteiger partial charge < -0.3 is 15.2 Å². The van der Waals surface area contributed by atoms with Crippen molar-refractivity contribution in [3.8, 4) is 0 Å². The van der Waals surface area contributed by atoms with Gasteiger partial charge in [-0.15, -0.1) is 0 Å². The number of nitrogens with one attached hydrogen (secondary N) is 2. The molecular formula is C12H22N4O. The molecule has 1 heterocycles. The molecule has 0 fully saturated rings. The lowest BCUT2D eigenvalue weighted by Crippen LogP contribution is -2.38. The third kappa shape index (κ3) is 6.06. The average molecular weight is 238 g/mol.